The highest BCUT2D eigenvalue weighted by atomic mass is 16.5. The fourth-order valence-corrected chi connectivity index (χ4v) is 4.18. The Morgan fingerprint density at radius 3 is 2.56 bits per heavy atom. The number of amides is 1. The van der Waals surface area contributed by atoms with E-state index in [0.717, 1.165) is 35.2 Å². The standard InChI is InChI=1S/C26H26N4O2/c1-28-18-23(16-27-28)21-10-8-20(9-11-21)17-30-19-22-6-4-7-24(25(22)26(30)31)32-15-5-14-29-12-2-3-13-29/h2-4,6-13,16,18H,5,14-15,17,19H2,1H3. The molecule has 1 aliphatic rings. The minimum Gasteiger partial charge on any atom is -0.493 e. The van der Waals surface area contributed by atoms with E-state index in [2.05, 4.69) is 33.9 Å². The largest absolute Gasteiger partial charge is 0.493 e. The van der Waals surface area contributed by atoms with Gasteiger partial charge < -0.3 is 14.2 Å². The summed E-state index contributed by atoms with van der Waals surface area (Å²) in [6, 6.07) is 18.3. The van der Waals surface area contributed by atoms with Crippen molar-refractivity contribution in [1.29, 1.82) is 0 Å². The number of carbonyl (C=O) groups excluding carboxylic acids is 1. The molecule has 0 fully saturated rings. The zero-order chi connectivity index (χ0) is 21.9. The minimum absolute atomic E-state index is 0.0392. The molecule has 6 nitrogen and oxygen atoms in total. The van der Waals surface area contributed by atoms with Crippen molar-refractivity contribution in [3.8, 4) is 16.9 Å². The molecule has 2 aromatic heterocycles. The maximum atomic E-state index is 13.2. The van der Waals surface area contributed by atoms with Gasteiger partial charge in [-0.25, -0.2) is 0 Å². The smallest absolute Gasteiger partial charge is 0.258 e. The molecule has 32 heavy (non-hydrogen) atoms. The summed E-state index contributed by atoms with van der Waals surface area (Å²) >= 11 is 0. The molecule has 0 radical (unpaired) electrons. The number of aryl methyl sites for hydroxylation is 2. The molecule has 0 bridgehead atoms. The normalized spacial score (nSPS) is 12.9. The predicted octanol–water partition coefficient (Wildman–Crippen LogP) is 4.51. The van der Waals surface area contributed by atoms with Crippen molar-refractivity contribution < 1.29 is 9.53 Å². The Morgan fingerprint density at radius 1 is 1.00 bits per heavy atom. The lowest BCUT2D eigenvalue weighted by molar-refractivity contribution is 0.0763. The summed E-state index contributed by atoms with van der Waals surface area (Å²) in [5.74, 6) is 0.728. The van der Waals surface area contributed by atoms with Gasteiger partial charge in [0.2, 0.25) is 0 Å². The molecule has 1 amide bonds. The molecule has 0 N–H and O–H groups in total. The molecule has 162 valence electrons. The molecule has 5 rings (SSSR count). The van der Waals surface area contributed by atoms with E-state index in [1.807, 2.05) is 67.1 Å². The summed E-state index contributed by atoms with van der Waals surface area (Å²) in [6.45, 7) is 2.67. The summed E-state index contributed by atoms with van der Waals surface area (Å²) in [7, 11) is 1.91. The zero-order valence-corrected chi connectivity index (χ0v) is 18.1. The highest BCUT2D eigenvalue weighted by molar-refractivity contribution is 6.01. The van der Waals surface area contributed by atoms with Crippen LogP contribution < -0.4 is 4.74 Å². The summed E-state index contributed by atoms with van der Waals surface area (Å²) in [5.41, 5.74) is 5.05. The number of aromatic nitrogens is 3. The van der Waals surface area contributed by atoms with Crippen molar-refractivity contribution in [2.45, 2.75) is 26.1 Å². The number of nitrogens with zero attached hydrogens (tertiary/aromatic N) is 4. The van der Waals surface area contributed by atoms with Gasteiger partial charge in [-0.3, -0.25) is 9.48 Å². The molecule has 0 spiro atoms. The molecule has 0 aliphatic carbocycles. The molecule has 1 aliphatic heterocycles. The van der Waals surface area contributed by atoms with Crippen molar-refractivity contribution >= 4 is 5.91 Å². The first-order valence-corrected chi connectivity index (χ1v) is 10.9. The third-order valence-corrected chi connectivity index (χ3v) is 5.82. The third kappa shape index (κ3) is 4.17. The first kappa shape index (κ1) is 20.1. The average Bonchev–Trinajstić information content (AvgIpc) is 3.54. The van der Waals surface area contributed by atoms with Crippen molar-refractivity contribution in [2.24, 2.45) is 7.05 Å². The van der Waals surface area contributed by atoms with Crippen LogP contribution >= 0.6 is 0 Å². The van der Waals surface area contributed by atoms with Crippen LogP contribution in [-0.2, 0) is 26.7 Å². The van der Waals surface area contributed by atoms with E-state index in [0.29, 0.717) is 31.0 Å². The number of fused-ring (bicyclic) bond motifs is 1. The second kappa shape index (κ2) is 8.75. The van der Waals surface area contributed by atoms with Gasteiger partial charge in [0.15, 0.2) is 0 Å². The van der Waals surface area contributed by atoms with Gasteiger partial charge in [-0.05, 0) is 41.3 Å². The fraction of sp³-hybridized carbons (Fsp3) is 0.231. The SMILES string of the molecule is Cn1cc(-c2ccc(CN3Cc4cccc(OCCCn5cccc5)c4C3=O)cc2)cn1. The Hall–Kier alpha value is -3.80. The molecule has 4 aromatic rings. The van der Waals surface area contributed by atoms with Crippen LogP contribution in [0.3, 0.4) is 0 Å². The maximum Gasteiger partial charge on any atom is 0.258 e. The number of hydrogen-bond donors (Lipinski definition) is 0. The summed E-state index contributed by atoms with van der Waals surface area (Å²) in [5, 5.41) is 4.23. The summed E-state index contributed by atoms with van der Waals surface area (Å²) in [4.78, 5) is 15.0. The first-order chi connectivity index (χ1) is 15.7. The molecule has 0 saturated carbocycles. The molecule has 3 heterocycles. The Bertz CT molecular complexity index is 1210. The van der Waals surface area contributed by atoms with E-state index >= 15 is 0 Å². The van der Waals surface area contributed by atoms with Crippen LogP contribution in [0.4, 0.5) is 0 Å². The van der Waals surface area contributed by atoms with Crippen LogP contribution in [0.2, 0.25) is 0 Å². The zero-order valence-electron chi connectivity index (χ0n) is 18.1. The molecule has 0 saturated heterocycles. The number of ether oxygens (including phenoxy) is 1. The molecule has 0 unspecified atom stereocenters. The van der Waals surface area contributed by atoms with Crippen molar-refractivity contribution in [2.75, 3.05) is 6.61 Å². The van der Waals surface area contributed by atoms with Crippen LogP contribution in [0.15, 0.2) is 79.4 Å². The average molecular weight is 427 g/mol. The summed E-state index contributed by atoms with van der Waals surface area (Å²) < 4.78 is 9.94. The van der Waals surface area contributed by atoms with Gasteiger partial charge in [-0.15, -0.1) is 0 Å². The van der Waals surface area contributed by atoms with Crippen molar-refractivity contribution in [1.82, 2.24) is 19.2 Å². The van der Waals surface area contributed by atoms with Gasteiger partial charge in [-0.1, -0.05) is 36.4 Å². The minimum atomic E-state index is 0.0392. The van der Waals surface area contributed by atoms with Crippen molar-refractivity contribution in [3.05, 3.63) is 96.1 Å². The van der Waals surface area contributed by atoms with E-state index in [1.54, 1.807) is 4.68 Å². The lowest BCUT2D eigenvalue weighted by Gasteiger charge is -2.16. The Kier molecular flexibility index (Phi) is 5.50. The topological polar surface area (TPSA) is 52.3 Å². The molecule has 6 heteroatoms. The van der Waals surface area contributed by atoms with Crippen molar-refractivity contribution in [3.63, 3.8) is 0 Å². The second-order valence-corrected chi connectivity index (χ2v) is 8.17. The fourth-order valence-electron chi connectivity index (χ4n) is 4.18. The van der Waals surface area contributed by atoms with Crippen LogP contribution in [0.25, 0.3) is 11.1 Å². The molecular formula is C26H26N4O2. The maximum absolute atomic E-state index is 13.2. The Morgan fingerprint density at radius 2 is 1.81 bits per heavy atom. The van der Waals surface area contributed by atoms with E-state index in [4.69, 9.17) is 4.74 Å². The van der Waals surface area contributed by atoms with Crippen LogP contribution in [0, 0.1) is 0 Å². The quantitative estimate of drug-likeness (QED) is 0.390. The molecule has 2 aromatic carbocycles. The number of benzene rings is 2. The van der Waals surface area contributed by atoms with Gasteiger partial charge in [-0.2, -0.15) is 5.10 Å². The lowest BCUT2D eigenvalue weighted by atomic mass is 10.1. The molecular weight excluding hydrogens is 400 g/mol. The first-order valence-electron chi connectivity index (χ1n) is 10.9. The van der Waals surface area contributed by atoms with Gasteiger partial charge in [0.1, 0.15) is 5.75 Å². The van der Waals surface area contributed by atoms with Gasteiger partial charge >= 0.3 is 0 Å². The number of hydrogen-bond acceptors (Lipinski definition) is 3. The van der Waals surface area contributed by atoms with Crippen LogP contribution in [-0.4, -0.2) is 31.8 Å². The Balaban J connectivity index is 1.22. The van der Waals surface area contributed by atoms with Crippen LogP contribution in [0.1, 0.15) is 27.9 Å². The second-order valence-electron chi connectivity index (χ2n) is 8.17. The van der Waals surface area contributed by atoms with E-state index in [9.17, 15) is 4.79 Å². The molecule has 0 atom stereocenters. The Labute approximate surface area is 187 Å². The third-order valence-electron chi connectivity index (χ3n) is 5.82. The lowest BCUT2D eigenvalue weighted by Crippen LogP contribution is -2.23. The summed E-state index contributed by atoms with van der Waals surface area (Å²) in [6.07, 6.45) is 8.83. The highest BCUT2D eigenvalue weighted by Crippen LogP contribution is 2.32. The van der Waals surface area contributed by atoms with Gasteiger partial charge in [0.05, 0.1) is 18.4 Å². The monoisotopic (exact) mass is 426 g/mol. The number of rotatable bonds is 8. The van der Waals surface area contributed by atoms with E-state index in [1.165, 1.54) is 0 Å². The predicted molar refractivity (Wildman–Crippen MR) is 123 cm³/mol. The van der Waals surface area contributed by atoms with Gasteiger partial charge in [0.25, 0.3) is 5.91 Å². The number of carbonyl (C=O) groups is 1. The van der Waals surface area contributed by atoms with Crippen LogP contribution in [0.5, 0.6) is 5.75 Å². The van der Waals surface area contributed by atoms with E-state index < -0.39 is 0 Å². The van der Waals surface area contributed by atoms with Gasteiger partial charge in [0, 0.05) is 50.8 Å². The van der Waals surface area contributed by atoms with E-state index in [-0.39, 0.29) is 5.91 Å². The highest BCUT2D eigenvalue weighted by Gasteiger charge is 2.30.